The highest BCUT2D eigenvalue weighted by molar-refractivity contribution is 7.99. The zero-order valence-corrected chi connectivity index (χ0v) is 20.1. The molecule has 1 amide bonds. The normalized spacial score (nSPS) is 11.3. The van der Waals surface area contributed by atoms with E-state index in [1.165, 1.54) is 23.5 Å². The van der Waals surface area contributed by atoms with Crippen LogP contribution >= 0.6 is 34.7 Å². The van der Waals surface area contributed by atoms with Gasteiger partial charge in [0.2, 0.25) is 5.91 Å². The van der Waals surface area contributed by atoms with E-state index in [1.54, 1.807) is 48.0 Å². The fraction of sp³-hybridized carbons (Fsp3) is 0.364. The molecule has 1 heterocycles. The number of hydrogen-bond donors (Lipinski definition) is 0. The Kier molecular flexibility index (Phi) is 8.54. The minimum absolute atomic E-state index is 0.0238. The van der Waals surface area contributed by atoms with Gasteiger partial charge < -0.3 is 9.64 Å². The smallest absolute Gasteiger partial charge is 0.228 e. The summed E-state index contributed by atoms with van der Waals surface area (Å²) in [5.41, 5.74) is 0.671. The summed E-state index contributed by atoms with van der Waals surface area (Å²) in [6, 6.07) is 9.97. The van der Waals surface area contributed by atoms with Crippen molar-refractivity contribution in [2.45, 2.75) is 17.7 Å². The topological polar surface area (TPSA) is 45.7 Å². The van der Waals surface area contributed by atoms with Gasteiger partial charge in [-0.3, -0.25) is 9.69 Å². The maximum atomic E-state index is 13.1. The fourth-order valence-electron chi connectivity index (χ4n) is 2.93. The number of hydrogen-bond acceptors (Lipinski definition) is 6. The van der Waals surface area contributed by atoms with Crippen molar-refractivity contribution in [2.24, 2.45) is 0 Å². The third-order valence-corrected chi connectivity index (χ3v) is 7.22. The van der Waals surface area contributed by atoms with Gasteiger partial charge in [0, 0.05) is 24.4 Å². The number of likely N-dealkylation sites (N-methyl/N-ethyl adjacent to an activating group) is 1. The Labute approximate surface area is 195 Å². The van der Waals surface area contributed by atoms with Crippen LogP contribution in [-0.2, 0) is 4.79 Å². The SMILES string of the molecule is COc1ccc(Cl)c2sc(N(CCN(C)C)C(=O)CCCSc3ccc(F)cc3)nc12. The molecule has 0 fully saturated rings. The molecule has 5 nitrogen and oxygen atoms in total. The van der Waals surface area contributed by atoms with E-state index >= 15 is 0 Å². The molecule has 0 saturated carbocycles. The van der Waals surface area contributed by atoms with Gasteiger partial charge in [0.05, 0.1) is 16.8 Å². The quantitative estimate of drug-likeness (QED) is 0.280. The molecule has 0 unspecified atom stereocenters. The Morgan fingerprint density at radius 3 is 2.61 bits per heavy atom. The Bertz CT molecular complexity index is 1030. The molecule has 0 aliphatic heterocycles. The summed E-state index contributed by atoms with van der Waals surface area (Å²) in [4.78, 5) is 22.5. The number of methoxy groups -OCH3 is 1. The van der Waals surface area contributed by atoms with Crippen molar-refractivity contribution in [2.75, 3.05) is 44.9 Å². The summed E-state index contributed by atoms with van der Waals surface area (Å²) in [6.07, 6.45) is 1.12. The highest BCUT2D eigenvalue weighted by Gasteiger charge is 2.21. The van der Waals surface area contributed by atoms with E-state index in [0.717, 1.165) is 21.9 Å². The maximum absolute atomic E-state index is 13.1. The fourth-order valence-corrected chi connectivity index (χ4v) is 5.08. The molecule has 9 heteroatoms. The number of thiazole rings is 1. The Morgan fingerprint density at radius 2 is 1.94 bits per heavy atom. The number of benzene rings is 2. The molecule has 1 aromatic heterocycles. The lowest BCUT2D eigenvalue weighted by molar-refractivity contribution is -0.118. The molecule has 0 aliphatic carbocycles. The second-order valence-electron chi connectivity index (χ2n) is 7.18. The molecule has 0 saturated heterocycles. The molecule has 0 aliphatic rings. The first-order valence-corrected chi connectivity index (χ1v) is 12.0. The molecule has 0 radical (unpaired) electrons. The van der Waals surface area contributed by atoms with Crippen molar-refractivity contribution < 1.29 is 13.9 Å². The number of halogens is 2. The predicted octanol–water partition coefficient (Wildman–Crippen LogP) is 5.56. The summed E-state index contributed by atoms with van der Waals surface area (Å²) in [5.74, 6) is 1.19. The number of aromatic nitrogens is 1. The standard InChI is InChI=1S/C22H25ClFN3O2S2/c1-26(2)12-13-27(19(28)5-4-14-30-16-8-6-15(24)7-9-16)22-25-20-18(29-3)11-10-17(23)21(20)31-22/h6-11H,4-5,12-14H2,1-3H3. The number of rotatable bonds is 10. The Balaban J connectivity index is 1.71. The average Bonchev–Trinajstić information content (AvgIpc) is 3.19. The monoisotopic (exact) mass is 481 g/mol. The number of carbonyl (C=O) groups excluding carboxylic acids is 1. The van der Waals surface area contributed by atoms with Gasteiger partial charge in [-0.15, -0.1) is 11.8 Å². The first kappa shape index (κ1) is 23.8. The third-order valence-electron chi connectivity index (χ3n) is 4.59. The van der Waals surface area contributed by atoms with E-state index in [4.69, 9.17) is 16.3 Å². The van der Waals surface area contributed by atoms with Crippen molar-refractivity contribution in [3.63, 3.8) is 0 Å². The molecule has 0 atom stereocenters. The van der Waals surface area contributed by atoms with Gasteiger partial charge >= 0.3 is 0 Å². The van der Waals surface area contributed by atoms with E-state index < -0.39 is 0 Å². The summed E-state index contributed by atoms with van der Waals surface area (Å²) in [6.45, 7) is 1.26. The number of ether oxygens (including phenoxy) is 1. The zero-order valence-electron chi connectivity index (χ0n) is 17.7. The summed E-state index contributed by atoms with van der Waals surface area (Å²) < 4.78 is 19.2. The molecule has 2 aromatic carbocycles. The van der Waals surface area contributed by atoms with Crippen LogP contribution in [0.1, 0.15) is 12.8 Å². The number of nitrogens with zero attached hydrogens (tertiary/aromatic N) is 3. The molecule has 31 heavy (non-hydrogen) atoms. The van der Waals surface area contributed by atoms with Crippen molar-refractivity contribution in [3.05, 3.63) is 47.2 Å². The van der Waals surface area contributed by atoms with Crippen molar-refractivity contribution in [3.8, 4) is 5.75 Å². The van der Waals surface area contributed by atoms with E-state index in [9.17, 15) is 9.18 Å². The Morgan fingerprint density at radius 1 is 1.19 bits per heavy atom. The van der Waals surface area contributed by atoms with Crippen molar-refractivity contribution in [1.29, 1.82) is 0 Å². The first-order valence-electron chi connectivity index (χ1n) is 9.85. The van der Waals surface area contributed by atoms with Crippen LogP contribution < -0.4 is 9.64 Å². The van der Waals surface area contributed by atoms with E-state index in [1.807, 2.05) is 19.0 Å². The largest absolute Gasteiger partial charge is 0.494 e. The van der Waals surface area contributed by atoms with Crippen LogP contribution in [0, 0.1) is 5.82 Å². The van der Waals surface area contributed by atoms with Gasteiger partial charge in [-0.25, -0.2) is 9.37 Å². The van der Waals surface area contributed by atoms with Crippen LogP contribution in [0.15, 0.2) is 41.3 Å². The van der Waals surface area contributed by atoms with Crippen LogP contribution in [-0.4, -0.2) is 55.8 Å². The lowest BCUT2D eigenvalue weighted by Crippen LogP contribution is -2.36. The van der Waals surface area contributed by atoms with E-state index in [2.05, 4.69) is 4.98 Å². The van der Waals surface area contributed by atoms with E-state index in [-0.39, 0.29) is 11.7 Å². The second-order valence-corrected chi connectivity index (χ2v) is 9.73. The predicted molar refractivity (Wildman–Crippen MR) is 128 cm³/mol. The van der Waals surface area contributed by atoms with Crippen molar-refractivity contribution in [1.82, 2.24) is 9.88 Å². The summed E-state index contributed by atoms with van der Waals surface area (Å²) in [7, 11) is 5.54. The van der Waals surface area contributed by atoms with Crippen LogP contribution in [0.5, 0.6) is 5.75 Å². The minimum atomic E-state index is -0.247. The molecule has 3 aromatic rings. The minimum Gasteiger partial charge on any atom is -0.494 e. The molecule has 0 spiro atoms. The van der Waals surface area contributed by atoms with Gasteiger partial charge in [0.1, 0.15) is 17.1 Å². The number of amides is 1. The van der Waals surface area contributed by atoms with Crippen LogP contribution in [0.4, 0.5) is 9.52 Å². The lowest BCUT2D eigenvalue weighted by atomic mass is 10.3. The Hall–Kier alpha value is -1.87. The molecule has 166 valence electrons. The number of fused-ring (bicyclic) bond motifs is 1. The number of thioether (sulfide) groups is 1. The summed E-state index contributed by atoms with van der Waals surface area (Å²) >= 11 is 9.38. The molecule has 0 bridgehead atoms. The van der Waals surface area contributed by atoms with E-state index in [0.29, 0.717) is 40.8 Å². The van der Waals surface area contributed by atoms with Crippen molar-refractivity contribution >= 4 is 56.0 Å². The van der Waals surface area contributed by atoms with Gasteiger partial charge in [-0.1, -0.05) is 22.9 Å². The highest BCUT2D eigenvalue weighted by atomic mass is 35.5. The number of anilines is 1. The third kappa shape index (κ3) is 6.32. The maximum Gasteiger partial charge on any atom is 0.228 e. The number of carbonyl (C=O) groups is 1. The van der Waals surface area contributed by atoms with Gasteiger partial charge in [-0.2, -0.15) is 0 Å². The lowest BCUT2D eigenvalue weighted by Gasteiger charge is -2.22. The van der Waals surface area contributed by atoms with Crippen LogP contribution in [0.2, 0.25) is 5.02 Å². The first-order chi connectivity index (χ1) is 14.9. The highest BCUT2D eigenvalue weighted by Crippen LogP contribution is 2.38. The van der Waals surface area contributed by atoms with Gasteiger partial charge in [0.15, 0.2) is 5.13 Å². The zero-order chi connectivity index (χ0) is 22.4. The summed E-state index contributed by atoms with van der Waals surface area (Å²) in [5, 5.41) is 1.22. The molecule has 3 rings (SSSR count). The molecular formula is C22H25ClFN3O2S2. The van der Waals surface area contributed by atoms with Gasteiger partial charge in [-0.05, 0) is 62.7 Å². The second kappa shape index (κ2) is 11.1. The molecule has 0 N–H and O–H groups in total. The van der Waals surface area contributed by atoms with Crippen LogP contribution in [0.25, 0.3) is 10.2 Å². The van der Waals surface area contributed by atoms with Crippen LogP contribution in [0.3, 0.4) is 0 Å². The molecular weight excluding hydrogens is 457 g/mol. The average molecular weight is 482 g/mol. The van der Waals surface area contributed by atoms with Gasteiger partial charge in [0.25, 0.3) is 0 Å².